The van der Waals surface area contributed by atoms with Crippen molar-refractivity contribution in [2.45, 2.75) is 20.3 Å². The Balaban J connectivity index is 1.93. The summed E-state index contributed by atoms with van der Waals surface area (Å²) in [6.45, 7) is 8.23. The molecule has 0 nitrogen and oxygen atoms in total. The molecule has 0 aromatic heterocycles. The van der Waals surface area contributed by atoms with Gasteiger partial charge in [-0.3, -0.25) is 0 Å². The Labute approximate surface area is 139 Å². The van der Waals surface area contributed by atoms with Crippen molar-refractivity contribution < 1.29 is 0 Å². The van der Waals surface area contributed by atoms with E-state index < -0.39 is 0 Å². The smallest absolute Gasteiger partial charge is 0.0178 e. The Morgan fingerprint density at radius 1 is 0.739 bits per heavy atom. The van der Waals surface area contributed by atoms with E-state index in [1.165, 1.54) is 38.9 Å². The second-order valence-electron chi connectivity index (χ2n) is 5.91. The molecule has 3 aromatic rings. The fourth-order valence-electron chi connectivity index (χ4n) is 2.89. The van der Waals surface area contributed by atoms with Crippen LogP contribution in [0.2, 0.25) is 0 Å². The molecule has 114 valence electrons. The second-order valence-corrected chi connectivity index (χ2v) is 5.91. The quantitative estimate of drug-likeness (QED) is 0.513. The minimum absolute atomic E-state index is 1.04. The maximum Gasteiger partial charge on any atom is -0.0178 e. The number of aryl methyl sites for hydroxylation is 2. The average molecular weight is 298 g/mol. The van der Waals surface area contributed by atoms with Gasteiger partial charge in [-0.05, 0) is 52.8 Å². The van der Waals surface area contributed by atoms with Gasteiger partial charge in [-0.15, -0.1) is 0 Å². The molecule has 0 spiro atoms. The molecule has 0 atom stereocenters. The zero-order chi connectivity index (χ0) is 16.2. The molecule has 0 radical (unpaired) electrons. The van der Waals surface area contributed by atoms with Gasteiger partial charge >= 0.3 is 0 Å². The summed E-state index contributed by atoms with van der Waals surface area (Å²) in [6, 6.07) is 24.1. The maximum atomic E-state index is 3.94. The van der Waals surface area contributed by atoms with E-state index in [0.717, 1.165) is 6.42 Å². The van der Waals surface area contributed by atoms with E-state index in [2.05, 4.69) is 87.2 Å². The van der Waals surface area contributed by atoms with E-state index in [9.17, 15) is 0 Å². The highest BCUT2D eigenvalue weighted by molar-refractivity contribution is 5.72. The van der Waals surface area contributed by atoms with Gasteiger partial charge in [0.1, 0.15) is 0 Å². The predicted molar refractivity (Wildman–Crippen MR) is 102 cm³/mol. The fraction of sp³-hybridized carbons (Fsp3) is 0.130. The molecule has 0 aliphatic rings. The molecule has 0 heteroatoms. The van der Waals surface area contributed by atoms with Crippen molar-refractivity contribution >= 4 is 6.08 Å². The van der Waals surface area contributed by atoms with Gasteiger partial charge in [0.05, 0.1) is 0 Å². The molecule has 0 bridgehead atoms. The fourth-order valence-corrected chi connectivity index (χ4v) is 2.89. The van der Waals surface area contributed by atoms with Crippen LogP contribution in [0, 0.1) is 6.92 Å². The van der Waals surface area contributed by atoms with E-state index in [1.807, 2.05) is 6.08 Å². The Morgan fingerprint density at radius 2 is 1.22 bits per heavy atom. The van der Waals surface area contributed by atoms with Crippen LogP contribution in [0.1, 0.15) is 23.6 Å². The number of hydrogen-bond acceptors (Lipinski definition) is 0. The van der Waals surface area contributed by atoms with Crippen LogP contribution in [0.5, 0.6) is 0 Å². The Hall–Kier alpha value is -2.60. The molecule has 0 saturated heterocycles. The molecule has 0 aliphatic carbocycles. The normalized spacial score (nSPS) is 10.5. The van der Waals surface area contributed by atoms with Crippen LogP contribution in [-0.4, -0.2) is 0 Å². The van der Waals surface area contributed by atoms with Crippen LogP contribution in [0.4, 0.5) is 0 Å². The summed E-state index contributed by atoms with van der Waals surface area (Å²) in [4.78, 5) is 0. The molecule has 0 saturated carbocycles. The van der Waals surface area contributed by atoms with E-state index in [1.54, 1.807) is 0 Å². The molecular formula is C23H22. The lowest BCUT2D eigenvalue weighted by Gasteiger charge is -2.09. The SMILES string of the molecule is C=Cc1cc(-c2ccc(-c3ccc(C)cc3)cc2)ccc1CC. The lowest BCUT2D eigenvalue weighted by atomic mass is 9.96. The third kappa shape index (κ3) is 3.27. The standard InChI is InChI=1S/C23H22/c1-4-18-10-15-23(16-19(18)5-2)22-13-11-21(12-14-22)20-8-6-17(3)7-9-20/h5-16H,2,4H2,1,3H3. The summed E-state index contributed by atoms with van der Waals surface area (Å²) in [6.07, 6.45) is 2.98. The van der Waals surface area contributed by atoms with Crippen LogP contribution in [0.15, 0.2) is 73.3 Å². The third-order valence-corrected chi connectivity index (χ3v) is 4.35. The van der Waals surface area contributed by atoms with Crippen LogP contribution >= 0.6 is 0 Å². The first-order chi connectivity index (χ1) is 11.2. The Bertz CT molecular complexity index is 806. The van der Waals surface area contributed by atoms with Crippen LogP contribution in [-0.2, 0) is 6.42 Å². The first kappa shape index (κ1) is 15.3. The van der Waals surface area contributed by atoms with Crippen molar-refractivity contribution in [3.05, 3.63) is 90.0 Å². The zero-order valence-corrected chi connectivity index (χ0v) is 13.8. The molecule has 0 fully saturated rings. The maximum absolute atomic E-state index is 3.94. The largest absolute Gasteiger partial charge is 0.0985 e. The van der Waals surface area contributed by atoms with E-state index in [0.29, 0.717) is 0 Å². The van der Waals surface area contributed by atoms with Gasteiger partial charge in [0.15, 0.2) is 0 Å². The summed E-state index contributed by atoms with van der Waals surface area (Å²) in [5, 5.41) is 0. The molecule has 3 aromatic carbocycles. The molecule has 3 rings (SSSR count). The topological polar surface area (TPSA) is 0 Å². The second kappa shape index (κ2) is 6.66. The molecule has 0 heterocycles. The highest BCUT2D eigenvalue weighted by Gasteiger charge is 2.03. The lowest BCUT2D eigenvalue weighted by Crippen LogP contribution is -1.88. The highest BCUT2D eigenvalue weighted by atomic mass is 14.1. The van der Waals surface area contributed by atoms with Crippen molar-refractivity contribution in [3.8, 4) is 22.3 Å². The summed E-state index contributed by atoms with van der Waals surface area (Å²) >= 11 is 0. The first-order valence-corrected chi connectivity index (χ1v) is 8.14. The van der Waals surface area contributed by atoms with Gasteiger partial charge in [-0.2, -0.15) is 0 Å². The van der Waals surface area contributed by atoms with Crippen LogP contribution in [0.25, 0.3) is 28.3 Å². The Kier molecular flexibility index (Phi) is 4.43. The average Bonchev–Trinajstić information content (AvgIpc) is 2.62. The van der Waals surface area contributed by atoms with Gasteiger partial charge in [-0.1, -0.05) is 85.8 Å². The summed E-state index contributed by atoms with van der Waals surface area (Å²) in [5.41, 5.74) is 8.86. The van der Waals surface area contributed by atoms with E-state index in [-0.39, 0.29) is 0 Å². The number of hydrogen-bond donors (Lipinski definition) is 0. The number of benzene rings is 3. The van der Waals surface area contributed by atoms with Gasteiger partial charge in [-0.25, -0.2) is 0 Å². The van der Waals surface area contributed by atoms with Crippen molar-refractivity contribution in [1.82, 2.24) is 0 Å². The molecule has 0 unspecified atom stereocenters. The summed E-state index contributed by atoms with van der Waals surface area (Å²) in [5.74, 6) is 0. The lowest BCUT2D eigenvalue weighted by molar-refractivity contribution is 1.13. The zero-order valence-electron chi connectivity index (χ0n) is 13.8. The summed E-state index contributed by atoms with van der Waals surface area (Å²) < 4.78 is 0. The molecule has 0 N–H and O–H groups in total. The van der Waals surface area contributed by atoms with Crippen molar-refractivity contribution in [3.63, 3.8) is 0 Å². The first-order valence-electron chi connectivity index (χ1n) is 8.14. The molecular weight excluding hydrogens is 276 g/mol. The molecule has 0 aliphatic heterocycles. The van der Waals surface area contributed by atoms with E-state index >= 15 is 0 Å². The van der Waals surface area contributed by atoms with Crippen molar-refractivity contribution in [2.75, 3.05) is 0 Å². The molecule has 23 heavy (non-hydrogen) atoms. The number of rotatable bonds is 4. The van der Waals surface area contributed by atoms with Crippen molar-refractivity contribution in [2.24, 2.45) is 0 Å². The van der Waals surface area contributed by atoms with Crippen molar-refractivity contribution in [1.29, 1.82) is 0 Å². The van der Waals surface area contributed by atoms with Gasteiger partial charge < -0.3 is 0 Å². The summed E-state index contributed by atoms with van der Waals surface area (Å²) in [7, 11) is 0. The minimum atomic E-state index is 1.04. The van der Waals surface area contributed by atoms with Crippen LogP contribution < -0.4 is 0 Å². The highest BCUT2D eigenvalue weighted by Crippen LogP contribution is 2.27. The minimum Gasteiger partial charge on any atom is -0.0985 e. The molecule has 0 amide bonds. The monoisotopic (exact) mass is 298 g/mol. The van der Waals surface area contributed by atoms with Crippen LogP contribution in [0.3, 0.4) is 0 Å². The Morgan fingerprint density at radius 3 is 1.74 bits per heavy atom. The predicted octanol–water partition coefficient (Wildman–Crippen LogP) is 6.53. The third-order valence-electron chi connectivity index (χ3n) is 4.35. The van der Waals surface area contributed by atoms with Gasteiger partial charge in [0, 0.05) is 0 Å². The van der Waals surface area contributed by atoms with E-state index in [4.69, 9.17) is 0 Å². The van der Waals surface area contributed by atoms with Gasteiger partial charge in [0.25, 0.3) is 0 Å². The van der Waals surface area contributed by atoms with Gasteiger partial charge in [0.2, 0.25) is 0 Å².